The highest BCUT2D eigenvalue weighted by molar-refractivity contribution is 4.79. The highest BCUT2D eigenvalue weighted by Crippen LogP contribution is 2.31. The Morgan fingerprint density at radius 3 is 2.22 bits per heavy atom. The van der Waals surface area contributed by atoms with Crippen LogP contribution in [0.1, 0.15) is 19.3 Å². The minimum absolute atomic E-state index is 1.05. The Balaban J connectivity index is 2.02. The van der Waals surface area contributed by atoms with Crippen molar-refractivity contribution < 1.29 is 4.90 Å². The van der Waals surface area contributed by atoms with Gasteiger partial charge in [-0.15, -0.1) is 0 Å². The summed E-state index contributed by atoms with van der Waals surface area (Å²) in [6.07, 6.45) is 4.47. The molecule has 1 nitrogen and oxygen atoms in total. The average Bonchev–Trinajstić information content (AvgIpc) is 2.22. The molecule has 2 unspecified atom stereocenters. The zero-order valence-corrected chi connectivity index (χ0v) is 5.90. The van der Waals surface area contributed by atoms with Crippen molar-refractivity contribution in [1.82, 2.24) is 0 Å². The molecule has 52 valence electrons. The van der Waals surface area contributed by atoms with Gasteiger partial charge in [0, 0.05) is 11.8 Å². The molecular formula is C8H15N. The second-order valence-corrected chi connectivity index (χ2v) is 3.61. The van der Waals surface area contributed by atoms with Crippen molar-refractivity contribution in [2.45, 2.75) is 19.3 Å². The van der Waals surface area contributed by atoms with Gasteiger partial charge in [0.1, 0.15) is 0 Å². The smallest absolute Gasteiger partial charge is 0.0563 e. The molecular weight excluding hydrogens is 110 g/mol. The molecule has 2 rings (SSSR count). The first kappa shape index (κ1) is 5.72. The standard InChI is InChI=1S/C8H15N/c1-9-5-7-3-2-4-8(7)6-9/h7-9H,1-6H2. The van der Waals surface area contributed by atoms with Crippen LogP contribution in [-0.2, 0) is 0 Å². The zero-order chi connectivity index (χ0) is 6.27. The van der Waals surface area contributed by atoms with E-state index in [9.17, 15) is 0 Å². The van der Waals surface area contributed by atoms with Gasteiger partial charge < -0.3 is 4.90 Å². The Hall–Kier alpha value is -0.0400. The summed E-state index contributed by atoms with van der Waals surface area (Å²) in [6.45, 7) is 2.70. The summed E-state index contributed by atoms with van der Waals surface area (Å²) in [5.74, 6) is 2.11. The summed E-state index contributed by atoms with van der Waals surface area (Å²) >= 11 is 0. The van der Waals surface area contributed by atoms with E-state index in [4.69, 9.17) is 0 Å². The van der Waals surface area contributed by atoms with Gasteiger partial charge in [-0.2, -0.15) is 7.05 Å². The van der Waals surface area contributed by atoms with E-state index < -0.39 is 0 Å². The van der Waals surface area contributed by atoms with Crippen LogP contribution < -0.4 is 4.90 Å². The fourth-order valence-corrected chi connectivity index (χ4v) is 2.48. The van der Waals surface area contributed by atoms with E-state index >= 15 is 0 Å². The first-order valence-corrected chi connectivity index (χ1v) is 4.03. The predicted octanol–water partition coefficient (Wildman–Crippen LogP) is 0.0928. The maximum atomic E-state index is 4.04. The van der Waals surface area contributed by atoms with Crippen LogP contribution in [0.3, 0.4) is 0 Å². The number of nitrogens with one attached hydrogen (secondary N) is 1. The molecule has 0 aromatic heterocycles. The fourth-order valence-electron chi connectivity index (χ4n) is 2.48. The van der Waals surface area contributed by atoms with Crippen molar-refractivity contribution in [2.75, 3.05) is 13.1 Å². The monoisotopic (exact) mass is 125 g/mol. The van der Waals surface area contributed by atoms with E-state index in [-0.39, 0.29) is 0 Å². The summed E-state index contributed by atoms with van der Waals surface area (Å²) in [7, 11) is 4.04. The molecule has 0 amide bonds. The molecule has 0 spiro atoms. The predicted molar refractivity (Wildman–Crippen MR) is 36.9 cm³/mol. The van der Waals surface area contributed by atoms with Gasteiger partial charge in [0.25, 0.3) is 0 Å². The summed E-state index contributed by atoms with van der Waals surface area (Å²) in [4.78, 5) is 1.52. The molecule has 1 aliphatic carbocycles. The summed E-state index contributed by atoms with van der Waals surface area (Å²) in [5, 5.41) is 0. The van der Waals surface area contributed by atoms with Gasteiger partial charge in [-0.25, -0.2) is 0 Å². The highest BCUT2D eigenvalue weighted by Gasteiger charge is 2.35. The zero-order valence-electron chi connectivity index (χ0n) is 5.90. The third kappa shape index (κ3) is 0.877. The third-order valence-electron chi connectivity index (χ3n) is 2.92. The number of fused-ring (bicyclic) bond motifs is 1. The van der Waals surface area contributed by atoms with Gasteiger partial charge in [-0.3, -0.25) is 0 Å². The Morgan fingerprint density at radius 1 is 1.11 bits per heavy atom. The second-order valence-electron chi connectivity index (χ2n) is 3.61. The SMILES string of the molecule is [CH2-][NH+]1CC2CCCC2C1. The van der Waals surface area contributed by atoms with E-state index in [1.807, 2.05) is 0 Å². The molecule has 1 saturated carbocycles. The Morgan fingerprint density at radius 2 is 1.67 bits per heavy atom. The molecule has 0 bridgehead atoms. The van der Waals surface area contributed by atoms with Crippen molar-refractivity contribution in [3.63, 3.8) is 0 Å². The lowest BCUT2D eigenvalue weighted by atomic mass is 10.0. The molecule has 1 heteroatoms. The third-order valence-corrected chi connectivity index (χ3v) is 2.92. The Bertz CT molecular complexity index is 99.1. The number of rotatable bonds is 0. The maximum absolute atomic E-state index is 4.04. The lowest BCUT2D eigenvalue weighted by molar-refractivity contribution is -0.843. The second kappa shape index (κ2) is 1.98. The first-order valence-electron chi connectivity index (χ1n) is 4.03. The van der Waals surface area contributed by atoms with Crippen LogP contribution in [0.15, 0.2) is 0 Å². The topological polar surface area (TPSA) is 4.44 Å². The van der Waals surface area contributed by atoms with E-state index in [1.165, 1.54) is 37.3 Å². The van der Waals surface area contributed by atoms with Gasteiger partial charge in [-0.05, 0) is 12.8 Å². The molecule has 2 fully saturated rings. The molecule has 0 aromatic rings. The lowest BCUT2D eigenvalue weighted by Crippen LogP contribution is -3.05. The normalized spacial score (nSPS) is 49.7. The van der Waals surface area contributed by atoms with E-state index in [2.05, 4.69) is 7.05 Å². The molecule has 1 saturated heterocycles. The van der Waals surface area contributed by atoms with Crippen molar-refractivity contribution in [3.05, 3.63) is 7.05 Å². The van der Waals surface area contributed by atoms with Crippen molar-refractivity contribution in [2.24, 2.45) is 11.8 Å². The summed E-state index contributed by atoms with van der Waals surface area (Å²) < 4.78 is 0. The van der Waals surface area contributed by atoms with Gasteiger partial charge in [0.05, 0.1) is 13.1 Å². The molecule has 1 aliphatic heterocycles. The number of likely N-dealkylation sites (tertiary alicyclic amines) is 1. The molecule has 2 aliphatic rings. The van der Waals surface area contributed by atoms with Gasteiger partial charge >= 0.3 is 0 Å². The summed E-state index contributed by atoms with van der Waals surface area (Å²) in [5.41, 5.74) is 0. The quantitative estimate of drug-likeness (QED) is 0.438. The lowest BCUT2D eigenvalue weighted by Gasteiger charge is -2.12. The van der Waals surface area contributed by atoms with Crippen molar-refractivity contribution >= 4 is 0 Å². The molecule has 0 aromatic carbocycles. The van der Waals surface area contributed by atoms with Crippen LogP contribution in [0.5, 0.6) is 0 Å². The van der Waals surface area contributed by atoms with Crippen LogP contribution in [0.2, 0.25) is 0 Å². The largest absolute Gasteiger partial charge is 0.467 e. The van der Waals surface area contributed by atoms with Gasteiger partial charge in [0.15, 0.2) is 0 Å². The maximum Gasteiger partial charge on any atom is 0.0563 e. The van der Waals surface area contributed by atoms with Crippen LogP contribution in [0.4, 0.5) is 0 Å². The van der Waals surface area contributed by atoms with E-state index in [0.29, 0.717) is 0 Å². The van der Waals surface area contributed by atoms with Gasteiger partial charge in [0.2, 0.25) is 0 Å². The van der Waals surface area contributed by atoms with E-state index in [0.717, 1.165) is 11.8 Å². The fraction of sp³-hybridized carbons (Fsp3) is 0.875. The molecule has 1 heterocycles. The number of quaternary nitrogens is 1. The minimum atomic E-state index is 1.05. The van der Waals surface area contributed by atoms with Crippen LogP contribution in [0.25, 0.3) is 0 Å². The molecule has 9 heavy (non-hydrogen) atoms. The number of hydrogen-bond donors (Lipinski definition) is 1. The van der Waals surface area contributed by atoms with Gasteiger partial charge in [-0.1, -0.05) is 6.42 Å². The molecule has 1 N–H and O–H groups in total. The highest BCUT2D eigenvalue weighted by atomic mass is 15.1. The molecule has 2 atom stereocenters. The van der Waals surface area contributed by atoms with Crippen molar-refractivity contribution in [1.29, 1.82) is 0 Å². The minimum Gasteiger partial charge on any atom is -0.467 e. The van der Waals surface area contributed by atoms with Crippen LogP contribution in [-0.4, -0.2) is 13.1 Å². The Kier molecular flexibility index (Phi) is 1.26. The van der Waals surface area contributed by atoms with E-state index in [1.54, 1.807) is 0 Å². The average molecular weight is 125 g/mol. The van der Waals surface area contributed by atoms with Crippen molar-refractivity contribution in [3.8, 4) is 0 Å². The number of hydrogen-bond acceptors (Lipinski definition) is 0. The van der Waals surface area contributed by atoms with Crippen LogP contribution >= 0.6 is 0 Å². The van der Waals surface area contributed by atoms with Crippen LogP contribution in [0, 0.1) is 18.9 Å². The first-order chi connectivity index (χ1) is 4.36. The Labute approximate surface area is 57.0 Å². The summed E-state index contributed by atoms with van der Waals surface area (Å²) in [6, 6.07) is 0. The molecule has 0 radical (unpaired) electrons.